The van der Waals surface area contributed by atoms with Gasteiger partial charge in [0.05, 0.1) is 11.8 Å². The molecule has 62 valence electrons. The van der Waals surface area contributed by atoms with E-state index in [1.807, 2.05) is 12.2 Å². The van der Waals surface area contributed by atoms with Crippen molar-refractivity contribution in [1.82, 2.24) is 0 Å². The first-order chi connectivity index (χ1) is 5.77. The van der Waals surface area contributed by atoms with E-state index in [0.29, 0.717) is 0 Å². The zero-order chi connectivity index (χ0) is 8.29. The maximum Gasteiger partial charge on any atom is 0.318 e. The zero-order valence-corrected chi connectivity index (χ0v) is 6.40. The number of esters is 2. The van der Waals surface area contributed by atoms with Crippen molar-refractivity contribution < 1.29 is 14.3 Å². The first kappa shape index (κ1) is 6.40. The predicted molar refractivity (Wildman–Crippen MR) is 38.8 cm³/mol. The monoisotopic (exact) mass is 164 g/mol. The fraction of sp³-hybridized carbons (Fsp3) is 0.556. The summed E-state index contributed by atoms with van der Waals surface area (Å²) in [7, 11) is 0. The van der Waals surface area contributed by atoms with E-state index in [9.17, 15) is 9.59 Å². The van der Waals surface area contributed by atoms with E-state index < -0.39 is 0 Å². The van der Waals surface area contributed by atoms with Gasteiger partial charge in [-0.1, -0.05) is 12.2 Å². The van der Waals surface area contributed by atoms with Crippen molar-refractivity contribution >= 4 is 11.9 Å². The van der Waals surface area contributed by atoms with Crippen molar-refractivity contribution in [2.75, 3.05) is 0 Å². The van der Waals surface area contributed by atoms with Crippen LogP contribution in [-0.2, 0) is 14.3 Å². The van der Waals surface area contributed by atoms with Crippen molar-refractivity contribution in [3.05, 3.63) is 12.2 Å². The normalized spacial score (nSPS) is 48.3. The second kappa shape index (κ2) is 1.79. The Hall–Kier alpha value is -1.12. The second-order valence-electron chi connectivity index (χ2n) is 3.74. The largest absolute Gasteiger partial charge is 0.393 e. The summed E-state index contributed by atoms with van der Waals surface area (Å²) in [6, 6.07) is 0. The third-order valence-electron chi connectivity index (χ3n) is 3.20. The van der Waals surface area contributed by atoms with Crippen molar-refractivity contribution in [2.45, 2.75) is 6.42 Å². The van der Waals surface area contributed by atoms with Gasteiger partial charge in [0.2, 0.25) is 0 Å². The van der Waals surface area contributed by atoms with E-state index in [1.54, 1.807) is 0 Å². The van der Waals surface area contributed by atoms with Crippen LogP contribution >= 0.6 is 0 Å². The maximum absolute atomic E-state index is 11.2. The minimum Gasteiger partial charge on any atom is -0.393 e. The van der Waals surface area contributed by atoms with E-state index in [-0.39, 0.29) is 35.6 Å². The minimum atomic E-state index is -0.304. The second-order valence-corrected chi connectivity index (χ2v) is 3.74. The Morgan fingerprint density at radius 2 is 1.58 bits per heavy atom. The van der Waals surface area contributed by atoms with Crippen molar-refractivity contribution in [3.63, 3.8) is 0 Å². The molecule has 0 radical (unpaired) electrons. The SMILES string of the molecule is O=C1OC(=O)[C@H]2[C@@H]1[C@H]1C=C[C@H]2C1. The molecule has 0 spiro atoms. The molecule has 0 N–H and O–H groups in total. The number of rotatable bonds is 0. The highest BCUT2D eigenvalue weighted by molar-refractivity contribution is 5.98. The molecule has 0 unspecified atom stereocenters. The molecule has 0 amide bonds. The van der Waals surface area contributed by atoms with Crippen LogP contribution in [0.1, 0.15) is 6.42 Å². The van der Waals surface area contributed by atoms with Crippen molar-refractivity contribution in [3.8, 4) is 0 Å². The number of allylic oxidation sites excluding steroid dienone is 2. The van der Waals surface area contributed by atoms with Gasteiger partial charge in [-0.25, -0.2) is 0 Å². The Kier molecular flexibility index (Phi) is 0.953. The Morgan fingerprint density at radius 1 is 1.08 bits per heavy atom. The summed E-state index contributed by atoms with van der Waals surface area (Å²) >= 11 is 0. The van der Waals surface area contributed by atoms with Gasteiger partial charge in [0, 0.05) is 0 Å². The Bertz CT molecular complexity index is 277. The molecule has 2 bridgehead atoms. The first-order valence-corrected chi connectivity index (χ1v) is 4.21. The highest BCUT2D eigenvalue weighted by atomic mass is 16.6. The van der Waals surface area contributed by atoms with Crippen LogP contribution in [0, 0.1) is 23.7 Å². The average molecular weight is 164 g/mol. The Labute approximate surface area is 69.4 Å². The van der Waals surface area contributed by atoms with Crippen LogP contribution in [0.25, 0.3) is 0 Å². The molecule has 0 aromatic carbocycles. The van der Waals surface area contributed by atoms with Gasteiger partial charge in [0.1, 0.15) is 0 Å². The van der Waals surface area contributed by atoms with Gasteiger partial charge < -0.3 is 4.74 Å². The van der Waals surface area contributed by atoms with Crippen LogP contribution in [-0.4, -0.2) is 11.9 Å². The Balaban J connectivity index is 2.08. The van der Waals surface area contributed by atoms with Gasteiger partial charge in [-0.2, -0.15) is 0 Å². The number of ether oxygens (including phenoxy) is 1. The molecule has 2 fully saturated rings. The summed E-state index contributed by atoms with van der Waals surface area (Å²) in [6.07, 6.45) is 5.06. The molecular formula is C9H8O3. The molecule has 0 aromatic rings. The topological polar surface area (TPSA) is 43.4 Å². The minimum absolute atomic E-state index is 0.146. The fourth-order valence-corrected chi connectivity index (χ4v) is 2.70. The summed E-state index contributed by atoms with van der Waals surface area (Å²) in [6.45, 7) is 0. The number of cyclic esters (lactones) is 2. The lowest BCUT2D eigenvalue weighted by Crippen LogP contribution is -2.21. The highest BCUT2D eigenvalue weighted by Crippen LogP contribution is 2.51. The third kappa shape index (κ3) is 0.543. The van der Waals surface area contributed by atoms with Crippen LogP contribution in [0.15, 0.2) is 12.2 Å². The van der Waals surface area contributed by atoms with Crippen LogP contribution in [0.2, 0.25) is 0 Å². The van der Waals surface area contributed by atoms with Gasteiger partial charge in [0.25, 0.3) is 0 Å². The van der Waals surface area contributed by atoms with Gasteiger partial charge in [-0.15, -0.1) is 0 Å². The lowest BCUT2D eigenvalue weighted by Gasteiger charge is -2.12. The fourth-order valence-electron chi connectivity index (χ4n) is 2.70. The van der Waals surface area contributed by atoms with Gasteiger partial charge in [-0.05, 0) is 18.3 Å². The molecule has 1 heterocycles. The smallest absolute Gasteiger partial charge is 0.318 e. The summed E-state index contributed by atoms with van der Waals surface area (Å²) < 4.78 is 4.59. The summed E-state index contributed by atoms with van der Waals surface area (Å²) in [5.41, 5.74) is 0. The summed E-state index contributed by atoms with van der Waals surface area (Å²) in [5.74, 6) is -0.346. The van der Waals surface area contributed by atoms with Gasteiger partial charge >= 0.3 is 11.9 Å². The lowest BCUT2D eigenvalue weighted by molar-refractivity contribution is -0.154. The predicted octanol–water partition coefficient (Wildman–Crippen LogP) is 0.508. The zero-order valence-electron chi connectivity index (χ0n) is 6.40. The van der Waals surface area contributed by atoms with Crippen LogP contribution < -0.4 is 0 Å². The van der Waals surface area contributed by atoms with E-state index in [2.05, 4.69) is 4.74 Å². The summed E-state index contributed by atoms with van der Waals surface area (Å²) in [5, 5.41) is 0. The first-order valence-electron chi connectivity index (χ1n) is 4.21. The van der Waals surface area contributed by atoms with Crippen LogP contribution in [0.5, 0.6) is 0 Å². The maximum atomic E-state index is 11.2. The molecule has 1 aliphatic heterocycles. The third-order valence-corrected chi connectivity index (χ3v) is 3.20. The quantitative estimate of drug-likeness (QED) is 0.297. The Morgan fingerprint density at radius 3 is 2.08 bits per heavy atom. The molecule has 12 heavy (non-hydrogen) atoms. The number of hydrogen-bond donors (Lipinski definition) is 0. The molecule has 2 aliphatic carbocycles. The van der Waals surface area contributed by atoms with Crippen molar-refractivity contribution in [2.24, 2.45) is 23.7 Å². The molecule has 1 saturated carbocycles. The molecular weight excluding hydrogens is 156 g/mol. The highest BCUT2D eigenvalue weighted by Gasteiger charge is 2.57. The number of carbonyl (C=O) groups is 2. The molecule has 3 heteroatoms. The summed E-state index contributed by atoms with van der Waals surface area (Å²) in [4.78, 5) is 22.4. The van der Waals surface area contributed by atoms with Crippen molar-refractivity contribution in [1.29, 1.82) is 0 Å². The van der Waals surface area contributed by atoms with Crippen LogP contribution in [0.3, 0.4) is 0 Å². The molecule has 3 rings (SSSR count). The standard InChI is InChI=1S/C9H8O3/c10-8-6-4-1-2-5(3-4)7(6)9(11)12-8/h1-2,4-7H,3H2/t4-,5-,6-,7+/m0/s1. The number of fused-ring (bicyclic) bond motifs is 5. The van der Waals surface area contributed by atoms with E-state index in [0.717, 1.165) is 6.42 Å². The molecule has 4 atom stereocenters. The number of hydrogen-bond acceptors (Lipinski definition) is 3. The lowest BCUT2D eigenvalue weighted by atomic mass is 9.85. The number of carbonyl (C=O) groups excluding carboxylic acids is 2. The van der Waals surface area contributed by atoms with E-state index in [1.165, 1.54) is 0 Å². The molecule has 3 aliphatic rings. The van der Waals surface area contributed by atoms with E-state index >= 15 is 0 Å². The molecule has 3 nitrogen and oxygen atoms in total. The van der Waals surface area contributed by atoms with E-state index in [4.69, 9.17) is 0 Å². The molecule has 0 aromatic heterocycles. The average Bonchev–Trinajstić information content (AvgIpc) is 2.64. The van der Waals surface area contributed by atoms with Gasteiger partial charge in [0.15, 0.2) is 0 Å². The van der Waals surface area contributed by atoms with Crippen LogP contribution in [0.4, 0.5) is 0 Å². The molecule has 1 saturated heterocycles. The van der Waals surface area contributed by atoms with Gasteiger partial charge in [-0.3, -0.25) is 9.59 Å².